The maximum atomic E-state index is 12.3. The molecule has 0 aliphatic carbocycles. The normalized spacial score (nSPS) is 11.7. The summed E-state index contributed by atoms with van der Waals surface area (Å²) in [6, 6.07) is 17.5. The molecule has 2 amide bonds. The zero-order chi connectivity index (χ0) is 20.6. The number of carbonyl (C=O) groups excluding carboxylic acids is 2. The van der Waals surface area contributed by atoms with Gasteiger partial charge in [-0.15, -0.1) is 11.3 Å². The van der Waals surface area contributed by atoms with Crippen molar-refractivity contribution < 1.29 is 9.59 Å². The number of anilines is 1. The number of aryl methyl sites for hydroxylation is 1. The van der Waals surface area contributed by atoms with Crippen molar-refractivity contribution >= 4 is 40.6 Å². The fourth-order valence-electron chi connectivity index (χ4n) is 2.68. The van der Waals surface area contributed by atoms with Gasteiger partial charge in [0.2, 0.25) is 11.8 Å². The van der Waals surface area contributed by atoms with Crippen LogP contribution in [-0.2, 0) is 16.0 Å². The fourth-order valence-corrected chi connectivity index (χ4v) is 4.32. The summed E-state index contributed by atoms with van der Waals surface area (Å²) in [5.74, 6) is 0.128. The maximum Gasteiger partial charge on any atom is 0.234 e. The Morgan fingerprint density at radius 2 is 1.79 bits per heavy atom. The molecule has 1 heterocycles. The first-order valence-electron chi connectivity index (χ1n) is 9.27. The van der Waals surface area contributed by atoms with Gasteiger partial charge in [0.1, 0.15) is 0 Å². The van der Waals surface area contributed by atoms with Crippen molar-refractivity contribution in [3.63, 3.8) is 0 Å². The number of benzene rings is 2. The van der Waals surface area contributed by atoms with E-state index in [1.54, 1.807) is 0 Å². The number of nitrogens with one attached hydrogen (secondary N) is 2. The number of amides is 2. The van der Waals surface area contributed by atoms with E-state index in [1.807, 2.05) is 73.8 Å². The molecule has 0 saturated carbocycles. The number of thiazole rings is 1. The molecule has 3 rings (SSSR count). The van der Waals surface area contributed by atoms with Gasteiger partial charge < -0.3 is 10.6 Å². The van der Waals surface area contributed by atoms with Gasteiger partial charge in [-0.2, -0.15) is 0 Å². The minimum atomic E-state index is -0.0787. The second-order valence-electron chi connectivity index (χ2n) is 6.68. The monoisotopic (exact) mass is 425 g/mol. The van der Waals surface area contributed by atoms with Crippen LogP contribution in [-0.4, -0.2) is 22.6 Å². The zero-order valence-corrected chi connectivity index (χ0v) is 18.0. The molecule has 0 aliphatic rings. The molecule has 1 aromatic heterocycles. The highest BCUT2D eigenvalue weighted by atomic mass is 32.2. The number of carbonyl (C=O) groups is 2. The van der Waals surface area contributed by atoms with E-state index in [2.05, 4.69) is 15.6 Å². The molecule has 0 spiro atoms. The van der Waals surface area contributed by atoms with Gasteiger partial charge in [-0.3, -0.25) is 9.59 Å². The molecule has 0 bridgehead atoms. The van der Waals surface area contributed by atoms with Gasteiger partial charge in [0.05, 0.1) is 23.9 Å². The van der Waals surface area contributed by atoms with Crippen molar-refractivity contribution in [2.24, 2.45) is 0 Å². The molecule has 2 N–H and O–H groups in total. The van der Waals surface area contributed by atoms with E-state index < -0.39 is 0 Å². The van der Waals surface area contributed by atoms with Gasteiger partial charge in [0.25, 0.3) is 0 Å². The summed E-state index contributed by atoms with van der Waals surface area (Å²) in [6.07, 6.45) is 0.226. The number of hydrogen-bond donors (Lipinski definition) is 2. The third-order valence-electron chi connectivity index (χ3n) is 4.21. The Labute approximate surface area is 179 Å². The predicted octanol–water partition coefficient (Wildman–Crippen LogP) is 4.60. The summed E-state index contributed by atoms with van der Waals surface area (Å²) in [5.41, 5.74) is 3.71. The minimum absolute atomic E-state index is 0.0540. The van der Waals surface area contributed by atoms with Crippen molar-refractivity contribution in [1.29, 1.82) is 0 Å². The van der Waals surface area contributed by atoms with Gasteiger partial charge in [-0.05, 0) is 31.5 Å². The van der Waals surface area contributed by atoms with Crippen molar-refractivity contribution in [2.45, 2.75) is 30.6 Å². The van der Waals surface area contributed by atoms with Crippen LogP contribution in [0.4, 0.5) is 5.69 Å². The van der Waals surface area contributed by atoms with E-state index in [9.17, 15) is 9.59 Å². The average Bonchev–Trinajstić information content (AvgIpc) is 3.16. The van der Waals surface area contributed by atoms with Crippen LogP contribution in [0.3, 0.4) is 0 Å². The quantitative estimate of drug-likeness (QED) is 0.517. The molecule has 2 aromatic carbocycles. The van der Waals surface area contributed by atoms with Crippen LogP contribution in [0.15, 0.2) is 64.3 Å². The lowest BCUT2D eigenvalue weighted by molar-refractivity contribution is -0.121. The number of thioether (sulfide) groups is 1. The predicted molar refractivity (Wildman–Crippen MR) is 119 cm³/mol. The summed E-state index contributed by atoms with van der Waals surface area (Å²) < 4.78 is 0.781. The topological polar surface area (TPSA) is 71.1 Å². The van der Waals surface area contributed by atoms with Crippen LogP contribution in [0.25, 0.3) is 0 Å². The molecule has 150 valence electrons. The van der Waals surface area contributed by atoms with Crippen LogP contribution < -0.4 is 10.6 Å². The Morgan fingerprint density at radius 1 is 1.07 bits per heavy atom. The Balaban J connectivity index is 1.44. The molecule has 0 aliphatic heterocycles. The Kier molecular flexibility index (Phi) is 7.43. The van der Waals surface area contributed by atoms with Gasteiger partial charge in [-0.1, -0.05) is 59.8 Å². The molecule has 0 saturated heterocycles. The Morgan fingerprint density at radius 3 is 2.52 bits per heavy atom. The molecule has 3 aromatic rings. The van der Waals surface area contributed by atoms with Crippen molar-refractivity contribution in [1.82, 2.24) is 10.3 Å². The lowest BCUT2D eigenvalue weighted by Crippen LogP contribution is -2.28. The SMILES string of the molecule is Cc1ccc(NC(=O)CSc2nc(CC(=O)N[C@@H](C)c3ccccc3)cs2)cc1. The lowest BCUT2D eigenvalue weighted by Gasteiger charge is -2.13. The third kappa shape index (κ3) is 6.73. The standard InChI is InChI=1S/C22H23N3O2S2/c1-15-8-10-18(11-9-15)24-21(27)14-29-22-25-19(13-28-22)12-20(26)23-16(2)17-6-4-3-5-7-17/h3-11,13,16H,12,14H2,1-2H3,(H,23,26)(H,24,27)/t16-/m0/s1. The van der Waals surface area contributed by atoms with Gasteiger partial charge in [0, 0.05) is 11.1 Å². The van der Waals surface area contributed by atoms with E-state index in [0.717, 1.165) is 21.2 Å². The number of aromatic nitrogens is 1. The summed E-state index contributed by atoms with van der Waals surface area (Å²) >= 11 is 2.82. The van der Waals surface area contributed by atoms with Crippen LogP contribution in [0, 0.1) is 6.92 Å². The average molecular weight is 426 g/mol. The van der Waals surface area contributed by atoms with Crippen LogP contribution in [0.1, 0.15) is 29.8 Å². The highest BCUT2D eigenvalue weighted by molar-refractivity contribution is 8.01. The molecule has 0 radical (unpaired) electrons. The third-order valence-corrected chi connectivity index (χ3v) is 6.28. The highest BCUT2D eigenvalue weighted by Gasteiger charge is 2.13. The molecule has 0 unspecified atom stereocenters. The van der Waals surface area contributed by atoms with E-state index in [1.165, 1.54) is 23.1 Å². The van der Waals surface area contributed by atoms with Crippen LogP contribution in [0.2, 0.25) is 0 Å². The first-order valence-corrected chi connectivity index (χ1v) is 11.1. The summed E-state index contributed by atoms with van der Waals surface area (Å²) in [4.78, 5) is 28.8. The largest absolute Gasteiger partial charge is 0.349 e. The molecule has 1 atom stereocenters. The van der Waals surface area contributed by atoms with Gasteiger partial charge in [0.15, 0.2) is 4.34 Å². The number of rotatable bonds is 8. The number of nitrogens with zero attached hydrogens (tertiary/aromatic N) is 1. The second-order valence-corrected chi connectivity index (χ2v) is 8.76. The summed E-state index contributed by atoms with van der Waals surface area (Å²) in [7, 11) is 0. The highest BCUT2D eigenvalue weighted by Crippen LogP contribution is 2.23. The molecule has 0 fully saturated rings. The molecule has 29 heavy (non-hydrogen) atoms. The van der Waals surface area contributed by atoms with Crippen molar-refractivity contribution in [3.05, 3.63) is 76.8 Å². The first-order chi connectivity index (χ1) is 14.0. The van der Waals surface area contributed by atoms with Gasteiger partial charge >= 0.3 is 0 Å². The molecular formula is C22H23N3O2S2. The minimum Gasteiger partial charge on any atom is -0.349 e. The van der Waals surface area contributed by atoms with Crippen LogP contribution >= 0.6 is 23.1 Å². The van der Waals surface area contributed by atoms with Crippen LogP contribution in [0.5, 0.6) is 0 Å². The van der Waals surface area contributed by atoms with E-state index in [-0.39, 0.29) is 30.0 Å². The first kappa shape index (κ1) is 21.1. The fraction of sp³-hybridized carbons (Fsp3) is 0.227. The lowest BCUT2D eigenvalue weighted by atomic mass is 10.1. The summed E-state index contributed by atoms with van der Waals surface area (Å²) in [6.45, 7) is 3.96. The van der Waals surface area contributed by atoms with E-state index in [0.29, 0.717) is 5.69 Å². The summed E-state index contributed by atoms with van der Waals surface area (Å²) in [5, 5.41) is 7.73. The zero-order valence-electron chi connectivity index (χ0n) is 16.3. The van der Waals surface area contributed by atoms with Crippen molar-refractivity contribution in [3.8, 4) is 0 Å². The second kappa shape index (κ2) is 10.2. The maximum absolute atomic E-state index is 12.3. The Hall–Kier alpha value is -2.64. The number of hydrogen-bond acceptors (Lipinski definition) is 5. The van der Waals surface area contributed by atoms with E-state index >= 15 is 0 Å². The Bertz CT molecular complexity index is 956. The molecular weight excluding hydrogens is 402 g/mol. The van der Waals surface area contributed by atoms with Crippen molar-refractivity contribution in [2.75, 3.05) is 11.1 Å². The smallest absolute Gasteiger partial charge is 0.234 e. The van der Waals surface area contributed by atoms with Gasteiger partial charge in [-0.25, -0.2) is 4.98 Å². The molecule has 7 heteroatoms. The molecule has 5 nitrogen and oxygen atoms in total. The van der Waals surface area contributed by atoms with E-state index in [4.69, 9.17) is 0 Å².